The minimum Gasteiger partial charge on any atom is -0.496 e. The van der Waals surface area contributed by atoms with Gasteiger partial charge in [0.2, 0.25) is 0 Å². The average molecular weight is 564 g/mol. The Morgan fingerprint density at radius 3 is 2.43 bits per heavy atom. The fourth-order valence-electron chi connectivity index (χ4n) is 5.52. The summed E-state index contributed by atoms with van der Waals surface area (Å²) in [5.74, 6) is 1.73. The van der Waals surface area contributed by atoms with Crippen LogP contribution in [0.4, 0.5) is 4.79 Å². The Bertz CT molecular complexity index is 2010. The molecular weight excluding hydrogens is 534 g/mol. The number of benzene rings is 3. The third kappa shape index (κ3) is 4.54. The quantitative estimate of drug-likeness (QED) is 0.201. The van der Waals surface area contributed by atoms with Gasteiger partial charge in [0.25, 0.3) is 5.91 Å². The van der Waals surface area contributed by atoms with Gasteiger partial charge in [0.05, 0.1) is 29.4 Å². The molecule has 3 aromatic carbocycles. The van der Waals surface area contributed by atoms with Crippen molar-refractivity contribution in [2.24, 2.45) is 5.73 Å². The van der Waals surface area contributed by atoms with Crippen LogP contribution in [-0.4, -0.2) is 52.2 Å². The second-order valence-corrected chi connectivity index (χ2v) is 10.0. The van der Waals surface area contributed by atoms with E-state index in [9.17, 15) is 9.59 Å². The molecule has 6 rings (SSSR count). The van der Waals surface area contributed by atoms with Gasteiger partial charge < -0.3 is 30.6 Å². The van der Waals surface area contributed by atoms with E-state index >= 15 is 0 Å². The Morgan fingerprint density at radius 2 is 1.71 bits per heavy atom. The number of nitrogens with one attached hydrogen (secondary N) is 3. The Morgan fingerprint density at radius 1 is 0.952 bits per heavy atom. The number of aromatic nitrogens is 4. The van der Waals surface area contributed by atoms with E-state index in [2.05, 4.69) is 20.8 Å². The lowest BCUT2D eigenvalue weighted by Gasteiger charge is -2.13. The van der Waals surface area contributed by atoms with Crippen LogP contribution >= 0.6 is 0 Å². The number of urea groups is 1. The highest BCUT2D eigenvalue weighted by molar-refractivity contribution is 6.17. The van der Waals surface area contributed by atoms with Crippen LogP contribution < -0.4 is 21.1 Å². The number of carbonyl (C=O) groups excluding carboxylic acids is 2. The molecule has 0 unspecified atom stereocenters. The molecule has 3 aromatic heterocycles. The molecule has 0 saturated heterocycles. The highest BCUT2D eigenvalue weighted by atomic mass is 16.5. The molecule has 0 radical (unpaired) electrons. The summed E-state index contributed by atoms with van der Waals surface area (Å²) in [7, 11) is 1.64. The number of rotatable bonds is 7. The van der Waals surface area contributed by atoms with E-state index in [1.807, 2.05) is 63.2 Å². The summed E-state index contributed by atoms with van der Waals surface area (Å²) in [6, 6.07) is 14.8. The summed E-state index contributed by atoms with van der Waals surface area (Å²) in [4.78, 5) is 37.1. The van der Waals surface area contributed by atoms with Crippen LogP contribution in [0.25, 0.3) is 55.1 Å². The predicted molar refractivity (Wildman–Crippen MR) is 161 cm³/mol. The second-order valence-electron chi connectivity index (χ2n) is 10.0. The van der Waals surface area contributed by atoms with Gasteiger partial charge in [-0.15, -0.1) is 0 Å². The van der Waals surface area contributed by atoms with Crippen molar-refractivity contribution in [1.29, 1.82) is 0 Å². The molecule has 11 nitrogen and oxygen atoms in total. The van der Waals surface area contributed by atoms with Crippen molar-refractivity contribution < 1.29 is 18.8 Å². The molecule has 0 aliphatic heterocycles. The van der Waals surface area contributed by atoms with Crippen LogP contribution in [0, 0.1) is 20.8 Å². The molecule has 42 heavy (non-hydrogen) atoms. The van der Waals surface area contributed by atoms with E-state index < -0.39 is 6.03 Å². The molecule has 0 spiro atoms. The lowest BCUT2D eigenvalue weighted by Crippen LogP contribution is -2.37. The molecule has 6 aromatic rings. The first-order chi connectivity index (χ1) is 20.3. The van der Waals surface area contributed by atoms with E-state index in [-0.39, 0.29) is 19.0 Å². The Labute approximate surface area is 240 Å². The largest absolute Gasteiger partial charge is 0.496 e. The third-order valence-electron chi connectivity index (χ3n) is 7.32. The van der Waals surface area contributed by atoms with Gasteiger partial charge in [-0.2, -0.15) is 0 Å². The van der Waals surface area contributed by atoms with Crippen molar-refractivity contribution in [3.05, 3.63) is 71.4 Å². The number of aromatic amines is 1. The molecule has 3 heterocycles. The summed E-state index contributed by atoms with van der Waals surface area (Å²) in [6.07, 6.45) is 0. The zero-order valence-electron chi connectivity index (χ0n) is 23.6. The fraction of sp³-hybridized carbons (Fsp3) is 0.194. The predicted octanol–water partition coefficient (Wildman–Crippen LogP) is 4.92. The lowest BCUT2D eigenvalue weighted by atomic mass is 9.95. The fourth-order valence-corrected chi connectivity index (χ4v) is 5.52. The Kier molecular flexibility index (Phi) is 6.69. The number of nitrogens with two attached hydrogens (primary N) is 1. The van der Waals surface area contributed by atoms with Gasteiger partial charge in [0.15, 0.2) is 0 Å². The number of hydrogen-bond acceptors (Lipinski definition) is 7. The van der Waals surface area contributed by atoms with Crippen molar-refractivity contribution in [3.63, 3.8) is 0 Å². The zero-order valence-corrected chi connectivity index (χ0v) is 23.6. The summed E-state index contributed by atoms with van der Waals surface area (Å²) in [6.45, 7) is 6.12. The summed E-state index contributed by atoms with van der Waals surface area (Å²) < 4.78 is 11.3. The normalized spacial score (nSPS) is 11.3. The maximum absolute atomic E-state index is 13.1. The van der Waals surface area contributed by atoms with Crippen LogP contribution in [0.5, 0.6) is 5.75 Å². The van der Waals surface area contributed by atoms with Crippen LogP contribution in [0.15, 0.2) is 53.1 Å². The van der Waals surface area contributed by atoms with Crippen LogP contribution in [0.2, 0.25) is 0 Å². The van der Waals surface area contributed by atoms with Crippen molar-refractivity contribution in [3.8, 4) is 28.1 Å². The molecular formula is C31H29N7O4. The maximum Gasteiger partial charge on any atom is 0.312 e. The van der Waals surface area contributed by atoms with Gasteiger partial charge in [-0.1, -0.05) is 35.5 Å². The number of amides is 3. The zero-order chi connectivity index (χ0) is 29.5. The van der Waals surface area contributed by atoms with E-state index in [1.54, 1.807) is 13.2 Å². The van der Waals surface area contributed by atoms with Gasteiger partial charge >= 0.3 is 6.03 Å². The molecule has 3 amide bonds. The molecule has 0 atom stereocenters. The van der Waals surface area contributed by atoms with E-state index in [1.165, 1.54) is 0 Å². The smallest absolute Gasteiger partial charge is 0.312 e. The number of methoxy groups -OCH3 is 1. The number of primary amides is 1. The van der Waals surface area contributed by atoms with E-state index in [0.717, 1.165) is 55.1 Å². The highest BCUT2D eigenvalue weighted by Gasteiger charge is 2.22. The molecule has 11 heteroatoms. The van der Waals surface area contributed by atoms with Crippen molar-refractivity contribution >= 4 is 44.6 Å². The number of ether oxygens (including phenoxy) is 1. The standard InChI is InChI=1S/C31H29N7O4/c1-15-26(16(2)42-38-15)23-13-24-22(14-25(23)41-4)27-28(35-17(3)36-29(27)37-24)20-9-10-21(19-8-6-5-7-18(19)20)30(39)33-11-12-34-31(32)40/h5-10,13-14H,11-12H2,1-4H3,(H,33,39)(H3,32,34,40)(H,35,36,37). The Balaban J connectivity index is 1.52. The molecule has 0 aliphatic carbocycles. The molecule has 212 valence electrons. The first-order valence-electron chi connectivity index (χ1n) is 13.4. The minimum atomic E-state index is -0.639. The summed E-state index contributed by atoms with van der Waals surface area (Å²) in [5.41, 5.74) is 11.3. The maximum atomic E-state index is 13.1. The first-order valence-corrected chi connectivity index (χ1v) is 13.4. The lowest BCUT2D eigenvalue weighted by molar-refractivity contribution is 0.0955. The van der Waals surface area contributed by atoms with Crippen molar-refractivity contribution in [2.75, 3.05) is 20.2 Å². The molecule has 0 saturated carbocycles. The number of fused-ring (bicyclic) bond motifs is 4. The number of carbonyl (C=O) groups is 2. The number of aryl methyl sites for hydroxylation is 3. The first kappa shape index (κ1) is 26.8. The van der Waals surface area contributed by atoms with Crippen LogP contribution in [0.3, 0.4) is 0 Å². The SMILES string of the molecule is COc1cc2c(cc1-c1c(C)noc1C)[nH]c1nc(C)nc(-c3ccc(C(=O)NCCNC(N)=O)c4ccccc34)c12. The minimum absolute atomic E-state index is 0.233. The van der Waals surface area contributed by atoms with Crippen molar-refractivity contribution in [2.45, 2.75) is 20.8 Å². The number of hydrogen-bond donors (Lipinski definition) is 4. The monoisotopic (exact) mass is 563 g/mol. The topological polar surface area (TPSA) is 161 Å². The summed E-state index contributed by atoms with van der Waals surface area (Å²) >= 11 is 0. The highest BCUT2D eigenvalue weighted by Crippen LogP contribution is 2.42. The van der Waals surface area contributed by atoms with E-state index in [4.69, 9.17) is 25.0 Å². The van der Waals surface area contributed by atoms with Crippen LogP contribution in [-0.2, 0) is 0 Å². The summed E-state index contributed by atoms with van der Waals surface area (Å²) in [5, 5.41) is 12.8. The third-order valence-corrected chi connectivity index (χ3v) is 7.32. The van der Waals surface area contributed by atoms with Crippen molar-refractivity contribution in [1.82, 2.24) is 30.7 Å². The van der Waals surface area contributed by atoms with Gasteiger partial charge in [-0.05, 0) is 49.7 Å². The van der Waals surface area contributed by atoms with Gasteiger partial charge in [-0.25, -0.2) is 14.8 Å². The van der Waals surface area contributed by atoms with Gasteiger partial charge in [0, 0.05) is 40.7 Å². The van der Waals surface area contributed by atoms with Crippen LogP contribution in [0.1, 0.15) is 27.6 Å². The van der Waals surface area contributed by atoms with Gasteiger partial charge in [-0.3, -0.25) is 4.79 Å². The number of H-pyrrole nitrogens is 1. The van der Waals surface area contributed by atoms with E-state index in [0.29, 0.717) is 28.5 Å². The van der Waals surface area contributed by atoms with Gasteiger partial charge in [0.1, 0.15) is 23.0 Å². The average Bonchev–Trinajstić information content (AvgIpc) is 3.50. The molecule has 0 aliphatic rings. The molecule has 0 bridgehead atoms. The Hall–Kier alpha value is -5.45. The number of nitrogens with zero attached hydrogens (tertiary/aromatic N) is 3. The molecule has 5 N–H and O–H groups in total. The molecule has 0 fully saturated rings. The second kappa shape index (κ2) is 10.5.